The number of aromatic nitrogens is 2. The van der Waals surface area contributed by atoms with E-state index in [2.05, 4.69) is 35.8 Å². The SMILES string of the molecule is Cc1cccc(S)c1.Cc1nnc(N)s1. The van der Waals surface area contributed by atoms with Crippen LogP contribution in [-0.2, 0) is 0 Å². The number of thiol groups is 1. The molecule has 0 atom stereocenters. The van der Waals surface area contributed by atoms with Gasteiger partial charge in [-0.05, 0) is 26.0 Å². The predicted molar refractivity (Wildman–Crippen MR) is 67.5 cm³/mol. The number of rotatable bonds is 0. The number of nitrogens with zero attached hydrogens (tertiary/aromatic N) is 2. The van der Waals surface area contributed by atoms with Gasteiger partial charge < -0.3 is 5.73 Å². The molecule has 2 N–H and O–H groups in total. The highest BCUT2D eigenvalue weighted by atomic mass is 32.1. The second kappa shape index (κ2) is 5.72. The van der Waals surface area contributed by atoms with Crippen LogP contribution >= 0.6 is 24.0 Å². The molecule has 0 aliphatic heterocycles. The second-order valence-electron chi connectivity index (χ2n) is 3.00. The molecule has 15 heavy (non-hydrogen) atoms. The number of anilines is 1. The van der Waals surface area contributed by atoms with E-state index in [1.807, 2.05) is 25.1 Å². The highest BCUT2D eigenvalue weighted by molar-refractivity contribution is 7.80. The second-order valence-corrected chi connectivity index (χ2v) is 4.73. The smallest absolute Gasteiger partial charge is 0.203 e. The molecule has 0 saturated heterocycles. The lowest BCUT2D eigenvalue weighted by Crippen LogP contribution is -1.79. The van der Waals surface area contributed by atoms with Crippen LogP contribution in [0.1, 0.15) is 10.6 Å². The Bertz CT molecular complexity index is 392. The van der Waals surface area contributed by atoms with Gasteiger partial charge in [0.1, 0.15) is 5.01 Å². The Morgan fingerprint density at radius 1 is 1.27 bits per heavy atom. The molecule has 1 aromatic heterocycles. The number of nitrogen functional groups attached to an aromatic ring is 1. The van der Waals surface area contributed by atoms with Crippen molar-refractivity contribution in [3.8, 4) is 0 Å². The number of aryl methyl sites for hydroxylation is 2. The lowest BCUT2D eigenvalue weighted by molar-refractivity contribution is 1.06. The molecule has 0 bridgehead atoms. The van der Waals surface area contributed by atoms with Gasteiger partial charge in [0.2, 0.25) is 5.13 Å². The normalized spacial score (nSPS) is 9.27. The first kappa shape index (κ1) is 12.0. The van der Waals surface area contributed by atoms with Crippen molar-refractivity contribution in [1.82, 2.24) is 10.2 Å². The van der Waals surface area contributed by atoms with E-state index in [1.54, 1.807) is 0 Å². The molecule has 0 unspecified atom stereocenters. The van der Waals surface area contributed by atoms with Crippen LogP contribution in [0.3, 0.4) is 0 Å². The lowest BCUT2D eigenvalue weighted by atomic mass is 10.2. The summed E-state index contributed by atoms with van der Waals surface area (Å²) in [5, 5.41) is 8.68. The van der Waals surface area contributed by atoms with Crippen LogP contribution in [0.25, 0.3) is 0 Å². The Labute approximate surface area is 98.8 Å². The van der Waals surface area contributed by atoms with Crippen molar-refractivity contribution in [3.05, 3.63) is 34.8 Å². The largest absolute Gasteiger partial charge is 0.374 e. The molecular weight excluding hydrogens is 226 g/mol. The van der Waals surface area contributed by atoms with E-state index in [4.69, 9.17) is 5.73 Å². The van der Waals surface area contributed by atoms with Crippen LogP contribution in [0.2, 0.25) is 0 Å². The molecule has 3 nitrogen and oxygen atoms in total. The number of nitrogens with two attached hydrogens (primary N) is 1. The van der Waals surface area contributed by atoms with Gasteiger partial charge in [-0.15, -0.1) is 22.8 Å². The van der Waals surface area contributed by atoms with Crippen molar-refractivity contribution in [2.24, 2.45) is 0 Å². The third-order valence-corrected chi connectivity index (χ3v) is 2.49. The molecule has 0 radical (unpaired) electrons. The monoisotopic (exact) mass is 239 g/mol. The highest BCUT2D eigenvalue weighted by Gasteiger charge is 1.89. The molecule has 0 fully saturated rings. The summed E-state index contributed by atoms with van der Waals surface area (Å²) in [6.07, 6.45) is 0. The number of hydrogen-bond acceptors (Lipinski definition) is 5. The van der Waals surface area contributed by atoms with Gasteiger partial charge in [0.05, 0.1) is 0 Å². The minimum Gasteiger partial charge on any atom is -0.374 e. The first-order valence-corrected chi connectivity index (χ1v) is 5.65. The molecule has 2 aromatic rings. The van der Waals surface area contributed by atoms with Crippen molar-refractivity contribution in [3.63, 3.8) is 0 Å². The standard InChI is InChI=1S/C7H8S.C3H5N3S/c1-6-3-2-4-7(8)5-6;1-2-5-6-3(4)7-2/h2-5,8H,1H3;1H3,(H2,4,6). The predicted octanol–water partition coefficient (Wildman–Crippen LogP) is 2.71. The van der Waals surface area contributed by atoms with Gasteiger partial charge in [0.25, 0.3) is 0 Å². The quantitative estimate of drug-likeness (QED) is 0.695. The van der Waals surface area contributed by atoms with Crippen LogP contribution in [0.4, 0.5) is 5.13 Å². The first-order chi connectivity index (χ1) is 7.08. The van der Waals surface area contributed by atoms with Crippen LogP contribution in [0.15, 0.2) is 29.2 Å². The molecule has 80 valence electrons. The first-order valence-electron chi connectivity index (χ1n) is 4.39. The van der Waals surface area contributed by atoms with E-state index in [0.29, 0.717) is 5.13 Å². The molecule has 1 aromatic carbocycles. The molecule has 2 rings (SSSR count). The fourth-order valence-electron chi connectivity index (χ4n) is 0.940. The summed E-state index contributed by atoms with van der Waals surface area (Å²) >= 11 is 5.55. The fourth-order valence-corrected chi connectivity index (χ4v) is 1.70. The maximum atomic E-state index is 5.22. The van der Waals surface area contributed by atoms with Gasteiger partial charge in [-0.2, -0.15) is 0 Å². The third-order valence-electron chi connectivity index (χ3n) is 1.54. The van der Waals surface area contributed by atoms with Crippen LogP contribution in [0.5, 0.6) is 0 Å². The molecule has 0 saturated carbocycles. The number of hydrogen-bond donors (Lipinski definition) is 2. The minimum atomic E-state index is 0.539. The Kier molecular flexibility index (Phi) is 4.58. The summed E-state index contributed by atoms with van der Waals surface area (Å²) < 4.78 is 0. The van der Waals surface area contributed by atoms with E-state index in [9.17, 15) is 0 Å². The molecule has 1 heterocycles. The molecular formula is C10H13N3S2. The van der Waals surface area contributed by atoms with Crippen LogP contribution in [-0.4, -0.2) is 10.2 Å². The van der Waals surface area contributed by atoms with Crippen molar-refractivity contribution < 1.29 is 0 Å². The summed E-state index contributed by atoms with van der Waals surface area (Å²) in [5.74, 6) is 0. The maximum absolute atomic E-state index is 5.22. The number of benzene rings is 1. The summed E-state index contributed by atoms with van der Waals surface area (Å²) in [4.78, 5) is 1.03. The average molecular weight is 239 g/mol. The average Bonchev–Trinajstić information content (AvgIpc) is 2.50. The Morgan fingerprint density at radius 2 is 2.00 bits per heavy atom. The summed E-state index contributed by atoms with van der Waals surface area (Å²) in [7, 11) is 0. The van der Waals surface area contributed by atoms with Gasteiger partial charge in [0, 0.05) is 4.90 Å². The lowest BCUT2D eigenvalue weighted by Gasteiger charge is -1.89. The van der Waals surface area contributed by atoms with Crippen LogP contribution < -0.4 is 5.73 Å². The summed E-state index contributed by atoms with van der Waals surface area (Å²) in [5.41, 5.74) is 6.49. The van der Waals surface area contributed by atoms with Gasteiger partial charge in [-0.25, -0.2) is 0 Å². The summed E-state index contributed by atoms with van der Waals surface area (Å²) in [6, 6.07) is 8.05. The molecule has 0 aliphatic carbocycles. The molecule has 0 amide bonds. The van der Waals surface area contributed by atoms with E-state index in [0.717, 1.165) is 9.90 Å². The van der Waals surface area contributed by atoms with Crippen LogP contribution in [0, 0.1) is 13.8 Å². The Hall–Kier alpha value is -1.07. The van der Waals surface area contributed by atoms with Crippen molar-refractivity contribution >= 4 is 29.1 Å². The molecule has 5 heteroatoms. The third kappa shape index (κ3) is 4.80. The zero-order valence-corrected chi connectivity index (χ0v) is 10.3. The molecule has 0 aliphatic rings. The van der Waals surface area contributed by atoms with E-state index < -0.39 is 0 Å². The Balaban J connectivity index is 0.000000151. The van der Waals surface area contributed by atoms with Gasteiger partial charge in [-0.1, -0.05) is 29.0 Å². The van der Waals surface area contributed by atoms with Gasteiger partial charge in [-0.3, -0.25) is 0 Å². The zero-order valence-electron chi connectivity index (χ0n) is 8.64. The summed E-state index contributed by atoms with van der Waals surface area (Å²) in [6.45, 7) is 3.92. The van der Waals surface area contributed by atoms with Crippen molar-refractivity contribution in [2.45, 2.75) is 18.7 Å². The molecule has 0 spiro atoms. The van der Waals surface area contributed by atoms with E-state index >= 15 is 0 Å². The minimum absolute atomic E-state index is 0.539. The van der Waals surface area contributed by atoms with Gasteiger partial charge >= 0.3 is 0 Å². The van der Waals surface area contributed by atoms with E-state index in [1.165, 1.54) is 16.9 Å². The van der Waals surface area contributed by atoms with E-state index in [-0.39, 0.29) is 0 Å². The topological polar surface area (TPSA) is 51.8 Å². The van der Waals surface area contributed by atoms with Crippen molar-refractivity contribution in [1.29, 1.82) is 0 Å². The van der Waals surface area contributed by atoms with Crippen molar-refractivity contribution in [2.75, 3.05) is 5.73 Å². The highest BCUT2D eigenvalue weighted by Crippen LogP contribution is 2.07. The Morgan fingerprint density at radius 3 is 2.27 bits per heavy atom. The maximum Gasteiger partial charge on any atom is 0.203 e. The zero-order chi connectivity index (χ0) is 11.3. The fraction of sp³-hybridized carbons (Fsp3) is 0.200. The van der Waals surface area contributed by atoms with Gasteiger partial charge in [0.15, 0.2) is 0 Å².